The van der Waals surface area contributed by atoms with Gasteiger partial charge in [0.15, 0.2) is 5.96 Å². The number of hydrogen-bond acceptors (Lipinski definition) is 4. The molecule has 0 saturated carbocycles. The maximum absolute atomic E-state index is 6.11. The Kier molecular flexibility index (Phi) is 11.1. The van der Waals surface area contributed by atoms with Gasteiger partial charge in [0.1, 0.15) is 5.75 Å². The van der Waals surface area contributed by atoms with Crippen molar-refractivity contribution in [3.05, 3.63) is 29.3 Å². The van der Waals surface area contributed by atoms with Gasteiger partial charge in [-0.25, -0.2) is 0 Å². The third-order valence-corrected chi connectivity index (χ3v) is 4.46. The Hall–Kier alpha value is -1.06. The molecule has 1 aliphatic heterocycles. The second-order valence-corrected chi connectivity index (χ2v) is 8.18. The average molecular weight is 504 g/mol. The normalized spacial score (nSPS) is 17.2. The first kappa shape index (κ1) is 25.0. The molecule has 1 atom stereocenters. The molecule has 7 heteroatoms. The van der Waals surface area contributed by atoms with Crippen molar-refractivity contribution in [2.24, 2.45) is 10.9 Å². The van der Waals surface area contributed by atoms with Gasteiger partial charge in [0.2, 0.25) is 0 Å². The van der Waals surface area contributed by atoms with Crippen molar-refractivity contribution in [2.45, 2.75) is 46.2 Å². The number of ether oxygens (including phenoxy) is 2. The van der Waals surface area contributed by atoms with Crippen LogP contribution in [-0.4, -0.2) is 51.5 Å². The Morgan fingerprint density at radius 2 is 2.04 bits per heavy atom. The zero-order valence-electron chi connectivity index (χ0n) is 17.9. The van der Waals surface area contributed by atoms with E-state index in [1.54, 1.807) is 7.05 Å². The quantitative estimate of drug-likeness (QED) is 0.220. The molecule has 1 unspecified atom stereocenters. The Balaban J connectivity index is 0.00000392. The number of aliphatic imine (C=N–C) groups is 1. The molecular formula is C21H37IN4O2. The standard InChI is InChI=1S/C21H36N4O2.HI/c1-16-6-7-18(19(12-16)27-15-17-8-11-26-14-17)13-24-20(22-5)23-9-10-25-21(2,3)4;/h6-7,12,17,25H,8-11,13-15H2,1-5H3,(H2,22,23,24);1H. The summed E-state index contributed by atoms with van der Waals surface area (Å²) in [5.41, 5.74) is 2.46. The van der Waals surface area contributed by atoms with Gasteiger partial charge in [-0.15, -0.1) is 24.0 Å². The van der Waals surface area contributed by atoms with Crippen LogP contribution in [0.4, 0.5) is 0 Å². The Bertz CT molecular complexity index is 611. The van der Waals surface area contributed by atoms with E-state index in [0.717, 1.165) is 50.0 Å². The molecule has 1 heterocycles. The van der Waals surface area contributed by atoms with E-state index in [2.05, 4.69) is 66.8 Å². The highest BCUT2D eigenvalue weighted by molar-refractivity contribution is 14.0. The number of halogens is 1. The van der Waals surface area contributed by atoms with Crippen molar-refractivity contribution in [3.63, 3.8) is 0 Å². The summed E-state index contributed by atoms with van der Waals surface area (Å²) >= 11 is 0. The van der Waals surface area contributed by atoms with E-state index in [9.17, 15) is 0 Å². The van der Waals surface area contributed by atoms with Crippen molar-refractivity contribution >= 4 is 29.9 Å². The monoisotopic (exact) mass is 504 g/mol. The highest BCUT2D eigenvalue weighted by atomic mass is 127. The topological polar surface area (TPSA) is 66.9 Å². The molecule has 3 N–H and O–H groups in total. The fraction of sp³-hybridized carbons (Fsp3) is 0.667. The lowest BCUT2D eigenvalue weighted by Gasteiger charge is -2.21. The summed E-state index contributed by atoms with van der Waals surface area (Å²) in [5.74, 6) is 2.23. The van der Waals surface area contributed by atoms with Gasteiger partial charge in [-0.05, 0) is 45.7 Å². The number of guanidine groups is 1. The van der Waals surface area contributed by atoms with Crippen molar-refractivity contribution < 1.29 is 9.47 Å². The summed E-state index contributed by atoms with van der Waals surface area (Å²) in [5, 5.41) is 10.2. The van der Waals surface area contributed by atoms with Gasteiger partial charge in [0.25, 0.3) is 0 Å². The summed E-state index contributed by atoms with van der Waals surface area (Å²) in [7, 11) is 1.79. The van der Waals surface area contributed by atoms with Crippen LogP contribution in [0.15, 0.2) is 23.2 Å². The van der Waals surface area contributed by atoms with Gasteiger partial charge in [-0.1, -0.05) is 12.1 Å². The van der Waals surface area contributed by atoms with Crippen molar-refractivity contribution in [1.82, 2.24) is 16.0 Å². The molecule has 0 amide bonds. The van der Waals surface area contributed by atoms with E-state index in [0.29, 0.717) is 19.1 Å². The molecular weight excluding hydrogens is 467 g/mol. The lowest BCUT2D eigenvalue weighted by Crippen LogP contribution is -2.44. The van der Waals surface area contributed by atoms with Crippen LogP contribution in [0.2, 0.25) is 0 Å². The summed E-state index contributed by atoms with van der Waals surface area (Å²) in [6.07, 6.45) is 1.08. The number of aryl methyl sites for hydroxylation is 1. The molecule has 0 bridgehead atoms. The number of rotatable bonds is 8. The zero-order valence-corrected chi connectivity index (χ0v) is 20.3. The molecule has 1 saturated heterocycles. The Morgan fingerprint density at radius 3 is 2.68 bits per heavy atom. The van der Waals surface area contributed by atoms with E-state index in [-0.39, 0.29) is 29.5 Å². The van der Waals surface area contributed by atoms with Crippen LogP contribution in [-0.2, 0) is 11.3 Å². The largest absolute Gasteiger partial charge is 0.493 e. The van der Waals surface area contributed by atoms with Gasteiger partial charge in [0, 0.05) is 50.3 Å². The third kappa shape index (κ3) is 9.43. The zero-order chi connectivity index (χ0) is 19.7. The first-order chi connectivity index (χ1) is 12.9. The Labute approximate surface area is 187 Å². The van der Waals surface area contributed by atoms with Crippen LogP contribution in [0.25, 0.3) is 0 Å². The molecule has 28 heavy (non-hydrogen) atoms. The summed E-state index contributed by atoms with van der Waals surface area (Å²) in [6, 6.07) is 6.35. The molecule has 0 spiro atoms. The van der Waals surface area contributed by atoms with Crippen molar-refractivity contribution in [1.29, 1.82) is 0 Å². The van der Waals surface area contributed by atoms with E-state index >= 15 is 0 Å². The van der Waals surface area contributed by atoms with Gasteiger partial charge >= 0.3 is 0 Å². The van der Waals surface area contributed by atoms with Crippen molar-refractivity contribution in [3.8, 4) is 5.75 Å². The summed E-state index contributed by atoms with van der Waals surface area (Å²) < 4.78 is 11.6. The first-order valence-corrected chi connectivity index (χ1v) is 9.87. The average Bonchev–Trinajstić information content (AvgIpc) is 3.13. The van der Waals surface area contributed by atoms with Gasteiger partial charge in [-0.3, -0.25) is 4.99 Å². The van der Waals surface area contributed by atoms with Gasteiger partial charge in [0.05, 0.1) is 13.2 Å². The number of nitrogens with one attached hydrogen (secondary N) is 3. The van der Waals surface area contributed by atoms with Crippen LogP contribution in [0.1, 0.15) is 38.3 Å². The lowest BCUT2D eigenvalue weighted by molar-refractivity contribution is 0.166. The maximum atomic E-state index is 6.11. The summed E-state index contributed by atoms with van der Waals surface area (Å²) in [4.78, 5) is 4.30. The van der Waals surface area contributed by atoms with Crippen LogP contribution in [0.5, 0.6) is 5.75 Å². The minimum absolute atomic E-state index is 0. The number of benzene rings is 1. The van der Waals surface area contributed by atoms with Crippen LogP contribution in [0.3, 0.4) is 0 Å². The number of nitrogens with zero attached hydrogens (tertiary/aromatic N) is 1. The second kappa shape index (κ2) is 12.5. The molecule has 0 aromatic heterocycles. The van der Waals surface area contributed by atoms with E-state index in [1.807, 2.05) is 0 Å². The smallest absolute Gasteiger partial charge is 0.191 e. The van der Waals surface area contributed by atoms with E-state index in [1.165, 1.54) is 5.56 Å². The minimum Gasteiger partial charge on any atom is -0.493 e. The van der Waals surface area contributed by atoms with Gasteiger partial charge < -0.3 is 25.4 Å². The second-order valence-electron chi connectivity index (χ2n) is 8.18. The van der Waals surface area contributed by atoms with Crippen LogP contribution >= 0.6 is 24.0 Å². The minimum atomic E-state index is 0. The molecule has 0 aliphatic carbocycles. The van der Waals surface area contributed by atoms with Gasteiger partial charge in [-0.2, -0.15) is 0 Å². The number of hydrogen-bond donors (Lipinski definition) is 3. The third-order valence-electron chi connectivity index (χ3n) is 4.46. The molecule has 1 fully saturated rings. The SMILES string of the molecule is CN=C(NCCNC(C)(C)C)NCc1ccc(C)cc1OCC1CCOC1.I. The molecule has 6 nitrogen and oxygen atoms in total. The highest BCUT2D eigenvalue weighted by Gasteiger charge is 2.17. The summed E-state index contributed by atoms with van der Waals surface area (Å²) in [6.45, 7) is 13.3. The first-order valence-electron chi connectivity index (χ1n) is 9.87. The molecule has 1 aromatic rings. The molecule has 2 rings (SSSR count). The maximum Gasteiger partial charge on any atom is 0.191 e. The lowest BCUT2D eigenvalue weighted by atomic mass is 10.1. The molecule has 1 aromatic carbocycles. The molecule has 1 aliphatic rings. The molecule has 160 valence electrons. The Morgan fingerprint density at radius 1 is 1.25 bits per heavy atom. The van der Waals surface area contributed by atoms with E-state index < -0.39 is 0 Å². The van der Waals surface area contributed by atoms with E-state index in [4.69, 9.17) is 9.47 Å². The predicted octanol–water partition coefficient (Wildman–Crippen LogP) is 3.08. The van der Waals surface area contributed by atoms with Crippen LogP contribution in [0, 0.1) is 12.8 Å². The fourth-order valence-corrected chi connectivity index (χ4v) is 2.88. The predicted molar refractivity (Wildman–Crippen MR) is 127 cm³/mol. The molecule has 0 radical (unpaired) electrons. The highest BCUT2D eigenvalue weighted by Crippen LogP contribution is 2.22. The van der Waals surface area contributed by atoms with Crippen molar-refractivity contribution in [2.75, 3.05) is 40.0 Å². The van der Waals surface area contributed by atoms with Crippen LogP contribution < -0.4 is 20.7 Å². The fourth-order valence-electron chi connectivity index (χ4n) is 2.88.